The fourth-order valence-corrected chi connectivity index (χ4v) is 5.01. The second-order valence-corrected chi connectivity index (χ2v) is 16.1. The molecule has 0 radical (unpaired) electrons. The minimum atomic E-state index is -1.10. The quantitative estimate of drug-likeness (QED) is 0.310. The van der Waals surface area contributed by atoms with E-state index >= 15 is 0 Å². The number of fused-ring (bicyclic) bond motifs is 1. The Balaban J connectivity index is 1.17. The molecule has 0 atom stereocenters. The third-order valence-electron chi connectivity index (χ3n) is 6.39. The Hall–Kier alpha value is -2.76. The Labute approximate surface area is 207 Å². The van der Waals surface area contributed by atoms with Gasteiger partial charge in [0.15, 0.2) is 0 Å². The van der Waals surface area contributed by atoms with Crippen molar-refractivity contribution in [3.63, 3.8) is 0 Å². The maximum Gasteiger partial charge on any atom is 0.226 e. The van der Waals surface area contributed by atoms with E-state index in [1.165, 1.54) is 0 Å². The first kappa shape index (κ1) is 24.0. The lowest BCUT2D eigenvalue weighted by Gasteiger charge is -2.39. The molecule has 5 rings (SSSR count). The number of hydrogen-bond donors (Lipinski definition) is 0. The van der Waals surface area contributed by atoms with Crippen molar-refractivity contribution in [3.8, 4) is 5.88 Å². The summed E-state index contributed by atoms with van der Waals surface area (Å²) >= 11 is 0. The molecule has 2 aliphatic rings. The van der Waals surface area contributed by atoms with E-state index < -0.39 is 8.07 Å². The second kappa shape index (κ2) is 10.5. The number of anilines is 2. The number of pyridine rings is 2. The van der Waals surface area contributed by atoms with Gasteiger partial charge in [0.05, 0.1) is 30.7 Å². The van der Waals surface area contributed by atoms with Gasteiger partial charge in [-0.3, -0.25) is 4.98 Å². The van der Waals surface area contributed by atoms with Gasteiger partial charge in [0.25, 0.3) is 0 Å². The maximum atomic E-state index is 6.26. The van der Waals surface area contributed by atoms with E-state index in [1.54, 1.807) is 6.33 Å². The lowest BCUT2D eigenvalue weighted by Crippen LogP contribution is -2.50. The first-order valence-corrected chi connectivity index (χ1v) is 16.1. The van der Waals surface area contributed by atoms with Crippen molar-refractivity contribution in [1.29, 1.82) is 0 Å². The first-order valence-electron chi connectivity index (χ1n) is 12.4. The molecule has 0 spiro atoms. The van der Waals surface area contributed by atoms with Crippen molar-refractivity contribution >= 4 is 30.7 Å². The van der Waals surface area contributed by atoms with E-state index in [0.29, 0.717) is 38.3 Å². The van der Waals surface area contributed by atoms with Gasteiger partial charge in [0, 0.05) is 59.0 Å². The lowest BCUT2D eigenvalue weighted by molar-refractivity contribution is 0.0783. The van der Waals surface area contributed by atoms with Crippen LogP contribution in [0.1, 0.15) is 0 Å². The van der Waals surface area contributed by atoms with Crippen LogP contribution in [0.25, 0.3) is 10.9 Å². The van der Waals surface area contributed by atoms with Gasteiger partial charge in [-0.2, -0.15) is 15.1 Å². The molecule has 188 valence electrons. The Morgan fingerprint density at radius 2 is 1.94 bits per heavy atom. The molecule has 10 nitrogen and oxygen atoms in total. The maximum absolute atomic E-state index is 6.26. The molecular weight excluding hydrogens is 462 g/mol. The molecule has 3 aromatic rings. The van der Waals surface area contributed by atoms with E-state index in [0.717, 1.165) is 61.5 Å². The summed E-state index contributed by atoms with van der Waals surface area (Å²) in [5.74, 6) is 2.80. The van der Waals surface area contributed by atoms with Crippen molar-refractivity contribution in [1.82, 2.24) is 24.7 Å². The van der Waals surface area contributed by atoms with Crippen LogP contribution in [0.3, 0.4) is 0 Å². The molecule has 0 amide bonds. The molecular formula is C24H35N7O3Si. The standard InChI is InChI=1S/C24H35N7O3Si/c1-35(2,3)12-11-33-18-31-24(26-17-27-31)30-14-19(15-30)16-34-23-20-5-4-6-25-21(20)13-22(28-23)29-7-9-32-10-8-29/h4-6,13,17,19H,7-12,14-16,18H2,1-3H3. The van der Waals surface area contributed by atoms with Crippen LogP contribution in [0.4, 0.5) is 11.8 Å². The van der Waals surface area contributed by atoms with Crippen LogP contribution in [0, 0.1) is 5.92 Å². The third-order valence-corrected chi connectivity index (χ3v) is 8.09. The van der Waals surface area contributed by atoms with Gasteiger partial charge >= 0.3 is 0 Å². The summed E-state index contributed by atoms with van der Waals surface area (Å²) in [6.45, 7) is 13.7. The number of nitrogens with zero attached hydrogens (tertiary/aromatic N) is 7. The van der Waals surface area contributed by atoms with Gasteiger partial charge in [-0.25, -0.2) is 4.68 Å². The second-order valence-electron chi connectivity index (χ2n) is 10.4. The first-order chi connectivity index (χ1) is 17.0. The minimum Gasteiger partial charge on any atom is -0.477 e. The number of morpholine rings is 1. The zero-order valence-electron chi connectivity index (χ0n) is 20.9. The molecule has 2 fully saturated rings. The fraction of sp³-hybridized carbons (Fsp3) is 0.583. The molecule has 0 aliphatic carbocycles. The molecule has 0 aromatic carbocycles. The predicted molar refractivity (Wildman–Crippen MR) is 138 cm³/mol. The van der Waals surface area contributed by atoms with Crippen LogP contribution >= 0.6 is 0 Å². The van der Waals surface area contributed by atoms with Gasteiger partial charge in [0.2, 0.25) is 11.8 Å². The van der Waals surface area contributed by atoms with Crippen LogP contribution in [0.15, 0.2) is 30.7 Å². The highest BCUT2D eigenvalue weighted by molar-refractivity contribution is 6.76. The molecule has 0 N–H and O–H groups in total. The zero-order valence-corrected chi connectivity index (χ0v) is 21.9. The number of ether oxygens (including phenoxy) is 3. The average Bonchev–Trinajstić information content (AvgIpc) is 3.28. The Morgan fingerprint density at radius 3 is 2.74 bits per heavy atom. The lowest BCUT2D eigenvalue weighted by atomic mass is 10.0. The van der Waals surface area contributed by atoms with E-state index in [1.807, 2.05) is 29.1 Å². The van der Waals surface area contributed by atoms with Gasteiger partial charge in [-0.05, 0) is 18.2 Å². The van der Waals surface area contributed by atoms with Crippen LogP contribution in [0.5, 0.6) is 5.88 Å². The molecule has 35 heavy (non-hydrogen) atoms. The number of hydrogen-bond acceptors (Lipinski definition) is 9. The molecule has 11 heteroatoms. The molecule has 0 saturated carbocycles. The fourth-order valence-electron chi connectivity index (χ4n) is 4.26. The van der Waals surface area contributed by atoms with Crippen molar-refractivity contribution < 1.29 is 14.2 Å². The molecule has 5 heterocycles. The highest BCUT2D eigenvalue weighted by Crippen LogP contribution is 2.29. The molecule has 3 aromatic heterocycles. The number of aromatic nitrogens is 5. The van der Waals surface area contributed by atoms with Crippen molar-refractivity contribution in [2.24, 2.45) is 5.92 Å². The summed E-state index contributed by atoms with van der Waals surface area (Å²) in [5, 5.41) is 5.29. The van der Waals surface area contributed by atoms with Crippen molar-refractivity contribution in [2.45, 2.75) is 32.4 Å². The SMILES string of the molecule is C[Si](C)(C)CCOCn1ncnc1N1CC(COc2nc(N3CCOCC3)cc3ncccc23)C1. The largest absolute Gasteiger partial charge is 0.477 e. The van der Waals surface area contributed by atoms with Crippen LogP contribution in [-0.2, 0) is 16.2 Å². The van der Waals surface area contributed by atoms with Crippen LogP contribution < -0.4 is 14.5 Å². The van der Waals surface area contributed by atoms with Gasteiger partial charge in [-0.1, -0.05) is 19.6 Å². The number of rotatable bonds is 10. The third kappa shape index (κ3) is 5.91. The smallest absolute Gasteiger partial charge is 0.226 e. The van der Waals surface area contributed by atoms with Crippen LogP contribution in [0.2, 0.25) is 25.7 Å². The summed E-state index contributed by atoms with van der Waals surface area (Å²) in [7, 11) is -1.10. The van der Waals surface area contributed by atoms with Gasteiger partial charge < -0.3 is 24.0 Å². The topological polar surface area (TPSA) is 90.7 Å². The Bertz CT molecular complexity index is 1120. The summed E-state index contributed by atoms with van der Waals surface area (Å²) in [6, 6.07) is 7.13. The Kier molecular flexibility index (Phi) is 7.16. The Morgan fingerprint density at radius 1 is 1.11 bits per heavy atom. The van der Waals surface area contributed by atoms with Gasteiger partial charge in [0.1, 0.15) is 18.9 Å². The van der Waals surface area contributed by atoms with Crippen molar-refractivity contribution in [2.75, 3.05) is 62.4 Å². The molecule has 2 aliphatic heterocycles. The predicted octanol–water partition coefficient (Wildman–Crippen LogP) is 2.89. The van der Waals surface area contributed by atoms with E-state index in [-0.39, 0.29) is 0 Å². The summed E-state index contributed by atoms with van der Waals surface area (Å²) < 4.78 is 19.5. The zero-order chi connectivity index (χ0) is 24.3. The summed E-state index contributed by atoms with van der Waals surface area (Å²) in [6.07, 6.45) is 3.41. The van der Waals surface area contributed by atoms with E-state index in [9.17, 15) is 0 Å². The highest BCUT2D eigenvalue weighted by Gasteiger charge is 2.31. The normalized spacial score (nSPS) is 17.1. The summed E-state index contributed by atoms with van der Waals surface area (Å²) in [4.78, 5) is 18.3. The van der Waals surface area contributed by atoms with E-state index in [4.69, 9.17) is 19.2 Å². The van der Waals surface area contributed by atoms with Crippen molar-refractivity contribution in [3.05, 3.63) is 30.7 Å². The summed E-state index contributed by atoms with van der Waals surface area (Å²) in [5.41, 5.74) is 0.899. The minimum absolute atomic E-state index is 0.397. The van der Waals surface area contributed by atoms with Crippen LogP contribution in [-0.4, -0.2) is 85.4 Å². The molecule has 0 bridgehead atoms. The molecule has 2 saturated heterocycles. The van der Waals surface area contributed by atoms with Gasteiger partial charge in [-0.15, -0.1) is 0 Å². The molecule has 0 unspecified atom stereocenters. The average molecular weight is 498 g/mol. The van der Waals surface area contributed by atoms with E-state index in [2.05, 4.69) is 44.5 Å². The monoisotopic (exact) mass is 497 g/mol. The highest BCUT2D eigenvalue weighted by atomic mass is 28.3.